The van der Waals surface area contributed by atoms with Crippen LogP contribution in [0.25, 0.3) is 0 Å². The van der Waals surface area contributed by atoms with Gasteiger partial charge in [0.1, 0.15) is 19.3 Å². The van der Waals surface area contributed by atoms with Crippen molar-refractivity contribution in [3.63, 3.8) is 0 Å². The standard InChI is InChI=1S/C76H148O17P2/c1-7-10-12-14-16-18-20-22-24-28-36-42-48-54-60-75(80)92-71(64-86-73(78)58-52-46-40-34-27-23-21-19-17-15-13-11-8-2)66-90-94(82,83)88-62-70(77)63-89-95(84,85)91-67-72(93-76(81)61-55-49-43-37-29-25-26-32-38-44-50-56-68(4)5)65-87-74(79)59-53-47-41-35-31-30-33-39-45-51-57-69(6)9-3/h68-72,77H,7-67H2,1-6H3,(H,82,83)(H,84,85)/t69?,70-,71+,72+/m0/s1. The highest BCUT2D eigenvalue weighted by Gasteiger charge is 2.30. The van der Waals surface area contributed by atoms with Gasteiger partial charge in [-0.15, -0.1) is 0 Å². The van der Waals surface area contributed by atoms with Crippen LogP contribution in [0, 0.1) is 11.8 Å². The van der Waals surface area contributed by atoms with Crippen molar-refractivity contribution >= 4 is 39.5 Å². The number of hydrogen-bond acceptors (Lipinski definition) is 15. The van der Waals surface area contributed by atoms with Gasteiger partial charge in [-0.3, -0.25) is 37.3 Å². The molecule has 564 valence electrons. The molecule has 19 heteroatoms. The molecule has 0 aromatic heterocycles. The fourth-order valence-electron chi connectivity index (χ4n) is 11.6. The number of rotatable bonds is 75. The van der Waals surface area contributed by atoms with E-state index in [4.69, 9.17) is 37.0 Å². The summed E-state index contributed by atoms with van der Waals surface area (Å²) >= 11 is 0. The van der Waals surface area contributed by atoms with E-state index in [1.165, 1.54) is 212 Å². The molecule has 0 saturated heterocycles. The van der Waals surface area contributed by atoms with Crippen LogP contribution < -0.4 is 0 Å². The molecule has 0 aromatic carbocycles. The number of esters is 4. The van der Waals surface area contributed by atoms with E-state index in [0.29, 0.717) is 25.7 Å². The Balaban J connectivity index is 5.27. The lowest BCUT2D eigenvalue weighted by Crippen LogP contribution is -2.30. The van der Waals surface area contributed by atoms with Gasteiger partial charge in [-0.05, 0) is 37.5 Å². The summed E-state index contributed by atoms with van der Waals surface area (Å²) < 4.78 is 68.6. The summed E-state index contributed by atoms with van der Waals surface area (Å²) in [6, 6.07) is 0. The second-order valence-electron chi connectivity index (χ2n) is 28.1. The number of aliphatic hydroxyl groups is 1. The molecule has 0 aliphatic carbocycles. The van der Waals surface area contributed by atoms with Crippen molar-refractivity contribution in [3.05, 3.63) is 0 Å². The molecule has 0 aromatic rings. The second kappa shape index (κ2) is 67.9. The molecule has 0 heterocycles. The van der Waals surface area contributed by atoms with E-state index in [9.17, 15) is 43.2 Å². The van der Waals surface area contributed by atoms with Crippen LogP contribution in [-0.4, -0.2) is 96.7 Å². The van der Waals surface area contributed by atoms with Gasteiger partial charge in [0.15, 0.2) is 12.2 Å². The van der Waals surface area contributed by atoms with Crippen LogP contribution in [0.1, 0.15) is 395 Å². The zero-order valence-electron chi connectivity index (χ0n) is 62.0. The summed E-state index contributed by atoms with van der Waals surface area (Å²) in [5, 5.41) is 10.6. The number of hydrogen-bond donors (Lipinski definition) is 3. The predicted molar refractivity (Wildman–Crippen MR) is 386 cm³/mol. The monoisotopic (exact) mass is 1400 g/mol. The Bertz CT molecular complexity index is 1840. The molecule has 0 aliphatic heterocycles. The molecule has 6 atom stereocenters. The lowest BCUT2D eigenvalue weighted by Gasteiger charge is -2.21. The summed E-state index contributed by atoms with van der Waals surface area (Å²) in [4.78, 5) is 72.9. The number of aliphatic hydroxyl groups excluding tert-OH is 1. The van der Waals surface area contributed by atoms with E-state index in [2.05, 4.69) is 41.5 Å². The van der Waals surface area contributed by atoms with Crippen LogP contribution in [0.3, 0.4) is 0 Å². The highest BCUT2D eigenvalue weighted by atomic mass is 31.2. The van der Waals surface area contributed by atoms with Crippen molar-refractivity contribution in [2.24, 2.45) is 11.8 Å². The van der Waals surface area contributed by atoms with Gasteiger partial charge >= 0.3 is 39.5 Å². The number of phosphoric acid groups is 2. The Morgan fingerprint density at radius 3 is 0.800 bits per heavy atom. The fourth-order valence-corrected chi connectivity index (χ4v) is 13.2. The Kier molecular flexibility index (Phi) is 66.5. The molecular formula is C76H148O17P2. The maximum Gasteiger partial charge on any atom is 0.472 e. The summed E-state index contributed by atoms with van der Waals surface area (Å²) in [5.41, 5.74) is 0. The highest BCUT2D eigenvalue weighted by Crippen LogP contribution is 2.45. The first kappa shape index (κ1) is 93.1. The molecule has 0 fully saturated rings. The van der Waals surface area contributed by atoms with E-state index >= 15 is 0 Å². The Hall–Kier alpha value is -1.94. The zero-order valence-corrected chi connectivity index (χ0v) is 63.8. The molecule has 0 aliphatic rings. The Labute approximate surface area is 581 Å². The normalized spacial score (nSPS) is 14.3. The number of carbonyl (C=O) groups excluding carboxylic acids is 4. The largest absolute Gasteiger partial charge is 0.472 e. The SMILES string of the molecule is CCCCCCCCCCCCCCCCC(=O)O[C@H](COC(=O)CCCCCCCCCCCCCCC)COP(=O)(O)OC[C@H](O)COP(=O)(O)OC[C@@H](COC(=O)CCCCCCCCCCCCC(C)CC)OC(=O)CCCCCCCCCCCCCC(C)C. The molecule has 0 rings (SSSR count). The topological polar surface area (TPSA) is 237 Å². The van der Waals surface area contributed by atoms with Crippen molar-refractivity contribution in [1.29, 1.82) is 0 Å². The lowest BCUT2D eigenvalue weighted by atomic mass is 9.99. The third-order valence-electron chi connectivity index (χ3n) is 18.1. The molecule has 0 spiro atoms. The van der Waals surface area contributed by atoms with Crippen LogP contribution in [0.5, 0.6) is 0 Å². The molecule has 95 heavy (non-hydrogen) atoms. The molecular weight excluding hydrogens is 1250 g/mol. The first-order valence-corrected chi connectivity index (χ1v) is 42.5. The minimum Gasteiger partial charge on any atom is -0.462 e. The molecule has 17 nitrogen and oxygen atoms in total. The average Bonchev–Trinajstić information content (AvgIpc) is 2.90. The van der Waals surface area contributed by atoms with Crippen LogP contribution in [0.2, 0.25) is 0 Å². The predicted octanol–water partition coefficient (Wildman–Crippen LogP) is 22.3. The van der Waals surface area contributed by atoms with Crippen molar-refractivity contribution < 1.29 is 80.2 Å². The van der Waals surface area contributed by atoms with E-state index in [1.54, 1.807) is 0 Å². The minimum atomic E-state index is -4.96. The van der Waals surface area contributed by atoms with Gasteiger partial charge in [0.25, 0.3) is 0 Å². The Morgan fingerprint density at radius 1 is 0.305 bits per heavy atom. The van der Waals surface area contributed by atoms with Gasteiger partial charge in [-0.2, -0.15) is 0 Å². The summed E-state index contributed by atoms with van der Waals surface area (Å²) in [5.74, 6) is -0.538. The molecule has 3 N–H and O–H groups in total. The number of carbonyl (C=O) groups is 4. The second-order valence-corrected chi connectivity index (χ2v) is 31.0. The van der Waals surface area contributed by atoms with Gasteiger partial charge in [-0.25, -0.2) is 9.13 Å². The minimum absolute atomic E-state index is 0.106. The van der Waals surface area contributed by atoms with Crippen molar-refractivity contribution in [1.82, 2.24) is 0 Å². The first-order valence-electron chi connectivity index (χ1n) is 39.5. The van der Waals surface area contributed by atoms with E-state index in [1.807, 2.05) is 0 Å². The van der Waals surface area contributed by atoms with Crippen molar-refractivity contribution in [2.75, 3.05) is 39.6 Å². The highest BCUT2D eigenvalue weighted by molar-refractivity contribution is 7.47. The van der Waals surface area contributed by atoms with Gasteiger partial charge in [-0.1, -0.05) is 343 Å². The maximum atomic E-state index is 13.1. The molecule has 0 bridgehead atoms. The van der Waals surface area contributed by atoms with Crippen LogP contribution >= 0.6 is 15.6 Å². The number of ether oxygens (including phenoxy) is 4. The van der Waals surface area contributed by atoms with Crippen LogP contribution in [0.4, 0.5) is 0 Å². The first-order chi connectivity index (χ1) is 45.9. The Morgan fingerprint density at radius 2 is 0.537 bits per heavy atom. The third kappa shape index (κ3) is 69.0. The number of unbranched alkanes of at least 4 members (excludes halogenated alkanes) is 44. The van der Waals surface area contributed by atoms with Crippen LogP contribution in [-0.2, 0) is 65.4 Å². The molecule has 3 unspecified atom stereocenters. The lowest BCUT2D eigenvalue weighted by molar-refractivity contribution is -0.161. The van der Waals surface area contributed by atoms with Gasteiger partial charge in [0, 0.05) is 25.7 Å². The molecule has 0 radical (unpaired) electrons. The van der Waals surface area contributed by atoms with Gasteiger partial charge in [0.2, 0.25) is 0 Å². The summed E-state index contributed by atoms with van der Waals surface area (Å²) in [6.07, 6.45) is 55.2. The smallest absolute Gasteiger partial charge is 0.462 e. The molecule has 0 saturated carbocycles. The molecule has 0 amide bonds. The van der Waals surface area contributed by atoms with Gasteiger partial charge in [0.05, 0.1) is 26.4 Å². The zero-order chi connectivity index (χ0) is 70.0. The maximum absolute atomic E-state index is 13.1. The number of phosphoric ester groups is 2. The van der Waals surface area contributed by atoms with E-state index in [-0.39, 0.29) is 25.7 Å². The van der Waals surface area contributed by atoms with E-state index < -0.39 is 97.5 Å². The van der Waals surface area contributed by atoms with Crippen molar-refractivity contribution in [2.45, 2.75) is 413 Å². The third-order valence-corrected chi connectivity index (χ3v) is 20.0. The van der Waals surface area contributed by atoms with Crippen molar-refractivity contribution in [3.8, 4) is 0 Å². The summed E-state index contributed by atoms with van der Waals surface area (Å²) in [6.45, 7) is 9.64. The van der Waals surface area contributed by atoms with Crippen LogP contribution in [0.15, 0.2) is 0 Å². The fraction of sp³-hybridized carbons (Fsp3) is 0.947. The quantitative estimate of drug-likeness (QED) is 0.0222. The summed E-state index contributed by atoms with van der Waals surface area (Å²) in [7, 11) is -9.91. The average molecular weight is 1400 g/mol. The van der Waals surface area contributed by atoms with Gasteiger partial charge < -0.3 is 33.8 Å². The van der Waals surface area contributed by atoms with E-state index in [0.717, 1.165) is 102 Å².